The molecule has 6 rings (SSSR count). The second-order valence-electron chi connectivity index (χ2n) is 17.0. The third-order valence-corrected chi connectivity index (χ3v) is 16.4. The lowest BCUT2D eigenvalue weighted by Gasteiger charge is -2.58. The number of carboxylic acids is 1. The van der Waals surface area contributed by atoms with E-state index >= 15 is 0 Å². The Balaban J connectivity index is 1.00. The van der Waals surface area contributed by atoms with Crippen LogP contribution in [0.3, 0.4) is 0 Å². The van der Waals surface area contributed by atoms with Crippen molar-refractivity contribution in [3.8, 4) is 0 Å². The summed E-state index contributed by atoms with van der Waals surface area (Å²) in [5.74, 6) is 8.21. The predicted octanol–water partition coefficient (Wildman–Crippen LogP) is 8.04. The molecule has 2 aliphatic heterocycles. The van der Waals surface area contributed by atoms with Gasteiger partial charge < -0.3 is 5.11 Å². The molecule has 0 unspecified atom stereocenters. The molecule has 6 aliphatic rings. The van der Waals surface area contributed by atoms with Gasteiger partial charge in [0, 0.05) is 29.6 Å². The molecule has 0 radical (unpaired) electrons. The number of nitrogens with one attached hydrogen (secondary N) is 2. The van der Waals surface area contributed by atoms with Crippen molar-refractivity contribution >= 4 is 35.5 Å². The molecule has 4 aliphatic carbocycles. The van der Waals surface area contributed by atoms with Gasteiger partial charge in [-0.05, 0) is 97.7 Å². The van der Waals surface area contributed by atoms with E-state index in [1.54, 1.807) is 0 Å². The third-order valence-electron chi connectivity index (χ3n) is 13.8. The van der Waals surface area contributed by atoms with E-state index in [-0.39, 0.29) is 5.75 Å². The topological polar surface area (TPSA) is 64.4 Å². The molecule has 0 aromatic carbocycles. The first kappa shape index (κ1) is 34.1. The molecule has 7 heteroatoms. The zero-order chi connectivity index (χ0) is 31.8. The van der Waals surface area contributed by atoms with Crippen LogP contribution in [0.1, 0.15) is 118 Å². The van der Waals surface area contributed by atoms with E-state index in [1.807, 2.05) is 5.57 Å². The number of aliphatic carboxylic acids is 1. The van der Waals surface area contributed by atoms with Crippen molar-refractivity contribution in [3.05, 3.63) is 11.6 Å². The Hall–Kier alpha value is -0.820. The normalized spacial score (nSPS) is 40.0. The summed E-state index contributed by atoms with van der Waals surface area (Å²) in [6.07, 6.45) is 20.8. The van der Waals surface area contributed by atoms with E-state index in [0.29, 0.717) is 22.9 Å². The summed E-state index contributed by atoms with van der Waals surface area (Å²) in [6.45, 7) is 15.0. The summed E-state index contributed by atoms with van der Waals surface area (Å²) in [7, 11) is 0. The van der Waals surface area contributed by atoms with E-state index in [0.717, 1.165) is 66.0 Å². The number of fused-ring (bicyclic) bond motifs is 5. The molecule has 10 atom stereocenters. The first-order chi connectivity index (χ1) is 21.6. The number of hydrogen-bond acceptors (Lipinski definition) is 5. The van der Waals surface area contributed by atoms with E-state index in [1.165, 1.54) is 101 Å². The standard InChI is InChI=1S/C38H63N3O2S2/c1-25(2)7-6-8-26(3)32-11-12-33-31-10-9-27-21-30(13-17-37(27,4)34(31)14-18-38(32,33)5)45-23-29-16-20-41-19-15-28(39-36(41)40-29)22-44-24-35(42)43/h9,25-26,28-34H,6-8,10-24H2,1-5H3,(H2,39,40,42,43)/p+1/t26-,28+,29+,30-,31+,32-,33+,34+,37+,38-/m1/s1. The number of hydrogen-bond donors (Lipinski definition) is 3. The molecule has 0 aromatic heterocycles. The predicted molar refractivity (Wildman–Crippen MR) is 192 cm³/mol. The van der Waals surface area contributed by atoms with Crippen LogP contribution in [0.25, 0.3) is 0 Å². The van der Waals surface area contributed by atoms with Crippen LogP contribution in [0, 0.1) is 46.3 Å². The lowest BCUT2D eigenvalue weighted by atomic mass is 9.47. The Morgan fingerprint density at radius 1 is 0.978 bits per heavy atom. The monoisotopic (exact) mass is 658 g/mol. The summed E-state index contributed by atoms with van der Waals surface area (Å²) in [5.41, 5.74) is 2.86. The second kappa shape index (κ2) is 14.3. The maximum absolute atomic E-state index is 10.9. The Morgan fingerprint density at radius 3 is 2.47 bits per heavy atom. The summed E-state index contributed by atoms with van der Waals surface area (Å²) < 4.78 is 2.46. The van der Waals surface area contributed by atoms with Gasteiger partial charge in [-0.2, -0.15) is 11.8 Å². The van der Waals surface area contributed by atoms with Gasteiger partial charge in [0.1, 0.15) is 0 Å². The Morgan fingerprint density at radius 2 is 1.73 bits per heavy atom. The number of thioether (sulfide) groups is 2. The fraction of sp³-hybridized carbons (Fsp3) is 0.895. The van der Waals surface area contributed by atoms with Gasteiger partial charge in [-0.25, -0.2) is 0 Å². The van der Waals surface area contributed by atoms with Gasteiger partial charge in [-0.1, -0.05) is 65.5 Å². The number of rotatable bonds is 12. The minimum atomic E-state index is -0.716. The first-order valence-electron chi connectivity index (χ1n) is 18.8. The zero-order valence-electron chi connectivity index (χ0n) is 29.1. The molecule has 3 N–H and O–H groups in total. The highest BCUT2D eigenvalue weighted by molar-refractivity contribution is 8.00. The van der Waals surface area contributed by atoms with Crippen molar-refractivity contribution in [2.24, 2.45) is 46.3 Å². The molecular weight excluding hydrogens is 595 g/mol. The van der Waals surface area contributed by atoms with Crippen molar-refractivity contribution < 1.29 is 14.5 Å². The quantitative estimate of drug-likeness (QED) is 0.146. The summed E-state index contributed by atoms with van der Waals surface area (Å²) in [6, 6.07) is 0.889. The molecular formula is C38H64N3O2S2+. The molecule has 3 saturated carbocycles. The number of nitrogens with zero attached hydrogens (tertiary/aromatic N) is 1. The second-order valence-corrected chi connectivity index (χ2v) is 19.4. The average molecular weight is 659 g/mol. The maximum Gasteiger partial charge on any atom is 0.346 e. The SMILES string of the molecule is CC(C)CCC[C@@H](C)[C@H]1CC[C@H]2[C@@H]3CC=C4C[C@H](SC[C@@H]5CC[N+]6=C(N[C@H](CSCC(=O)O)CC6)N5)CC[C@]4(C)[C@H]3CC[C@]12C. The van der Waals surface area contributed by atoms with Crippen molar-refractivity contribution in [2.45, 2.75) is 135 Å². The Bertz CT molecular complexity index is 1120. The lowest BCUT2D eigenvalue weighted by Crippen LogP contribution is -2.60. The molecule has 45 heavy (non-hydrogen) atoms. The summed E-state index contributed by atoms with van der Waals surface area (Å²) in [4.78, 5) is 10.9. The number of carbonyl (C=O) groups is 1. The van der Waals surface area contributed by atoms with Crippen molar-refractivity contribution in [1.82, 2.24) is 10.6 Å². The van der Waals surface area contributed by atoms with E-state index in [4.69, 9.17) is 5.11 Å². The third kappa shape index (κ3) is 7.30. The van der Waals surface area contributed by atoms with Gasteiger partial charge in [0.15, 0.2) is 0 Å². The highest BCUT2D eigenvalue weighted by atomic mass is 32.2. The van der Waals surface area contributed by atoms with Gasteiger partial charge in [-0.15, -0.1) is 11.8 Å². The van der Waals surface area contributed by atoms with Crippen LogP contribution in [0.15, 0.2) is 11.6 Å². The van der Waals surface area contributed by atoms with E-state index in [2.05, 4.69) is 67.7 Å². The number of guanidine groups is 1. The van der Waals surface area contributed by atoms with Crippen LogP contribution in [-0.4, -0.2) is 69.3 Å². The van der Waals surface area contributed by atoms with Crippen LogP contribution in [0.4, 0.5) is 0 Å². The fourth-order valence-corrected chi connectivity index (χ4v) is 13.5. The van der Waals surface area contributed by atoms with E-state index in [9.17, 15) is 4.79 Å². The average Bonchev–Trinajstić information content (AvgIpc) is 3.36. The molecule has 254 valence electrons. The van der Waals surface area contributed by atoms with Crippen LogP contribution in [-0.2, 0) is 4.79 Å². The van der Waals surface area contributed by atoms with Crippen molar-refractivity contribution in [2.75, 3.05) is 30.3 Å². The first-order valence-corrected chi connectivity index (χ1v) is 21.0. The number of allylic oxidation sites excluding steroid dienone is 2. The number of carboxylic acid groups (broad SMARTS) is 1. The van der Waals surface area contributed by atoms with Gasteiger partial charge >= 0.3 is 11.9 Å². The molecule has 0 spiro atoms. The molecule has 0 saturated heterocycles. The Kier molecular flexibility index (Phi) is 10.9. The Labute approximate surface area is 283 Å². The minimum absolute atomic E-state index is 0.195. The zero-order valence-corrected chi connectivity index (χ0v) is 30.8. The van der Waals surface area contributed by atoms with E-state index < -0.39 is 5.97 Å². The van der Waals surface area contributed by atoms with Gasteiger partial charge in [0.25, 0.3) is 0 Å². The molecule has 2 heterocycles. The lowest BCUT2D eigenvalue weighted by molar-refractivity contribution is -0.542. The molecule has 0 amide bonds. The summed E-state index contributed by atoms with van der Waals surface area (Å²) >= 11 is 3.77. The van der Waals surface area contributed by atoms with Gasteiger partial charge in [0.05, 0.1) is 30.9 Å². The van der Waals surface area contributed by atoms with Crippen molar-refractivity contribution in [3.63, 3.8) is 0 Å². The van der Waals surface area contributed by atoms with Crippen molar-refractivity contribution in [1.29, 1.82) is 0 Å². The highest BCUT2D eigenvalue weighted by Crippen LogP contribution is 2.67. The molecule has 5 nitrogen and oxygen atoms in total. The van der Waals surface area contributed by atoms with Crippen LogP contribution < -0.4 is 10.6 Å². The van der Waals surface area contributed by atoms with Crippen LogP contribution in [0.5, 0.6) is 0 Å². The summed E-state index contributed by atoms with van der Waals surface area (Å²) in [5, 5.41) is 17.3. The highest BCUT2D eigenvalue weighted by Gasteiger charge is 2.59. The smallest absolute Gasteiger partial charge is 0.346 e. The van der Waals surface area contributed by atoms with Gasteiger partial charge in [-0.3, -0.25) is 20.0 Å². The molecule has 0 aromatic rings. The van der Waals surface area contributed by atoms with Crippen LogP contribution in [0.2, 0.25) is 0 Å². The van der Waals surface area contributed by atoms with Gasteiger partial charge in [0.2, 0.25) is 0 Å². The minimum Gasteiger partial charge on any atom is -0.481 e. The van der Waals surface area contributed by atoms with Crippen LogP contribution >= 0.6 is 23.5 Å². The fourth-order valence-electron chi connectivity index (χ4n) is 11.3. The largest absolute Gasteiger partial charge is 0.481 e. The molecule has 3 fully saturated rings. The maximum atomic E-state index is 10.9. The molecule has 0 bridgehead atoms.